The van der Waals surface area contributed by atoms with Gasteiger partial charge in [0.15, 0.2) is 0 Å². The molecule has 2 N–H and O–H groups in total. The van der Waals surface area contributed by atoms with Crippen molar-refractivity contribution < 1.29 is 4.79 Å². The number of fused-ring (bicyclic) bond motifs is 1. The van der Waals surface area contributed by atoms with Crippen molar-refractivity contribution in [2.45, 2.75) is 13.3 Å². The van der Waals surface area contributed by atoms with Crippen LogP contribution >= 0.6 is 0 Å². The quantitative estimate of drug-likeness (QED) is 0.765. The summed E-state index contributed by atoms with van der Waals surface area (Å²) in [5, 5.41) is 10.0. The molecule has 0 saturated carbocycles. The summed E-state index contributed by atoms with van der Waals surface area (Å²) in [6.07, 6.45) is 1.07. The molecule has 0 fully saturated rings. The highest BCUT2D eigenvalue weighted by Crippen LogP contribution is 2.30. The van der Waals surface area contributed by atoms with Crippen LogP contribution in [-0.2, 0) is 6.42 Å². The fraction of sp³-hybridized carbons (Fsp3) is 0.200. The van der Waals surface area contributed by atoms with E-state index in [0.29, 0.717) is 5.69 Å². The van der Waals surface area contributed by atoms with Gasteiger partial charge in [-0.1, -0.05) is 36.4 Å². The molecule has 0 radical (unpaired) electrons. The van der Waals surface area contributed by atoms with Gasteiger partial charge in [-0.2, -0.15) is 5.10 Å². The molecule has 0 atom stereocenters. The van der Waals surface area contributed by atoms with E-state index in [4.69, 9.17) is 0 Å². The molecule has 1 aromatic heterocycles. The summed E-state index contributed by atoms with van der Waals surface area (Å²) >= 11 is 0. The number of nitrogens with zero attached hydrogens (tertiary/aromatic N) is 2. The highest BCUT2D eigenvalue weighted by atomic mass is 16.1. The standard InChI is InChI=1S/C20H20N4O/c1-2-24-11-10-15-8-9-16(12-19(15)24)21-20(25)18-13-17(22-23-18)14-6-4-3-5-7-14/h3-9,12-13H,2,10-11H2,1H3,(H,21,25)(H,22,23). The monoisotopic (exact) mass is 332 g/mol. The second kappa shape index (κ2) is 6.43. The molecule has 2 aromatic carbocycles. The zero-order valence-electron chi connectivity index (χ0n) is 14.1. The number of anilines is 2. The Kier molecular flexibility index (Phi) is 3.98. The number of carbonyl (C=O) groups excluding carboxylic acids is 1. The molecular formula is C20H20N4O. The van der Waals surface area contributed by atoms with E-state index in [2.05, 4.69) is 39.5 Å². The van der Waals surface area contributed by atoms with Crippen LogP contribution in [0.2, 0.25) is 0 Å². The SMILES string of the molecule is CCN1CCc2ccc(NC(=O)c3cc(-c4ccccc4)n[nH]3)cc21. The molecular weight excluding hydrogens is 312 g/mol. The first-order valence-electron chi connectivity index (χ1n) is 8.54. The lowest BCUT2D eigenvalue weighted by molar-refractivity contribution is 0.102. The summed E-state index contributed by atoms with van der Waals surface area (Å²) in [5.41, 5.74) is 5.56. The van der Waals surface area contributed by atoms with Crippen LogP contribution in [-0.4, -0.2) is 29.2 Å². The molecule has 5 heteroatoms. The summed E-state index contributed by atoms with van der Waals surface area (Å²) < 4.78 is 0. The van der Waals surface area contributed by atoms with Crippen LogP contribution in [0.3, 0.4) is 0 Å². The van der Waals surface area contributed by atoms with Crippen LogP contribution in [0.5, 0.6) is 0 Å². The number of hydrogen-bond acceptors (Lipinski definition) is 3. The molecule has 4 rings (SSSR count). The molecule has 25 heavy (non-hydrogen) atoms. The van der Waals surface area contributed by atoms with Crippen molar-refractivity contribution in [2.75, 3.05) is 23.3 Å². The van der Waals surface area contributed by atoms with Crippen LogP contribution in [0.15, 0.2) is 54.6 Å². The molecule has 126 valence electrons. The largest absolute Gasteiger partial charge is 0.371 e. The Morgan fingerprint density at radius 2 is 2.04 bits per heavy atom. The van der Waals surface area contributed by atoms with Gasteiger partial charge in [-0.05, 0) is 37.1 Å². The van der Waals surface area contributed by atoms with E-state index in [0.717, 1.165) is 36.5 Å². The molecule has 0 aliphatic carbocycles. The van der Waals surface area contributed by atoms with Gasteiger partial charge in [0.1, 0.15) is 5.69 Å². The summed E-state index contributed by atoms with van der Waals surface area (Å²) in [7, 11) is 0. The number of H-pyrrole nitrogens is 1. The minimum Gasteiger partial charge on any atom is -0.371 e. The predicted molar refractivity (Wildman–Crippen MR) is 100 cm³/mol. The van der Waals surface area contributed by atoms with Crippen molar-refractivity contribution in [3.05, 3.63) is 65.9 Å². The van der Waals surface area contributed by atoms with E-state index in [-0.39, 0.29) is 5.91 Å². The Balaban J connectivity index is 1.52. The summed E-state index contributed by atoms with van der Waals surface area (Å²) in [6.45, 7) is 4.17. The maximum Gasteiger partial charge on any atom is 0.273 e. The van der Waals surface area contributed by atoms with E-state index in [9.17, 15) is 4.79 Å². The summed E-state index contributed by atoms with van der Waals surface area (Å²) in [6, 6.07) is 17.7. The lowest BCUT2D eigenvalue weighted by atomic mass is 10.1. The zero-order valence-corrected chi connectivity index (χ0v) is 14.1. The summed E-state index contributed by atoms with van der Waals surface area (Å²) in [5.74, 6) is -0.185. The molecule has 1 amide bonds. The fourth-order valence-corrected chi connectivity index (χ4v) is 3.24. The zero-order chi connectivity index (χ0) is 17.2. The Labute approximate surface area is 146 Å². The second-order valence-electron chi connectivity index (χ2n) is 6.16. The maximum atomic E-state index is 12.5. The number of hydrogen-bond donors (Lipinski definition) is 2. The van der Waals surface area contributed by atoms with E-state index < -0.39 is 0 Å². The number of amides is 1. The Morgan fingerprint density at radius 1 is 1.20 bits per heavy atom. The molecule has 2 heterocycles. The Bertz CT molecular complexity index is 901. The topological polar surface area (TPSA) is 61.0 Å². The third kappa shape index (κ3) is 3.01. The van der Waals surface area contributed by atoms with Gasteiger partial charge in [0.05, 0.1) is 5.69 Å². The maximum absolute atomic E-state index is 12.5. The van der Waals surface area contributed by atoms with E-state index in [1.54, 1.807) is 6.07 Å². The van der Waals surface area contributed by atoms with Crippen LogP contribution in [0, 0.1) is 0 Å². The Morgan fingerprint density at radius 3 is 2.84 bits per heavy atom. The average Bonchev–Trinajstić information content (AvgIpc) is 3.29. The van der Waals surface area contributed by atoms with Gasteiger partial charge in [-0.15, -0.1) is 0 Å². The van der Waals surface area contributed by atoms with Crippen LogP contribution in [0.1, 0.15) is 23.0 Å². The predicted octanol–water partition coefficient (Wildman–Crippen LogP) is 3.71. The number of likely N-dealkylation sites (N-methyl/N-ethyl adjacent to an activating group) is 1. The molecule has 3 aromatic rings. The number of rotatable bonds is 4. The van der Waals surface area contributed by atoms with Gasteiger partial charge in [0.25, 0.3) is 5.91 Å². The van der Waals surface area contributed by atoms with Crippen molar-refractivity contribution >= 4 is 17.3 Å². The molecule has 5 nitrogen and oxygen atoms in total. The van der Waals surface area contributed by atoms with E-state index in [1.807, 2.05) is 36.4 Å². The third-order valence-corrected chi connectivity index (χ3v) is 4.61. The summed E-state index contributed by atoms with van der Waals surface area (Å²) in [4.78, 5) is 14.8. The van der Waals surface area contributed by atoms with Gasteiger partial charge in [0.2, 0.25) is 0 Å². The lowest BCUT2D eigenvalue weighted by Gasteiger charge is -2.17. The first-order chi connectivity index (χ1) is 12.2. The Hall–Kier alpha value is -3.08. The smallest absolute Gasteiger partial charge is 0.273 e. The third-order valence-electron chi connectivity index (χ3n) is 4.61. The van der Waals surface area contributed by atoms with Crippen molar-refractivity contribution in [1.82, 2.24) is 10.2 Å². The van der Waals surface area contributed by atoms with E-state index >= 15 is 0 Å². The highest BCUT2D eigenvalue weighted by molar-refractivity contribution is 6.03. The number of benzene rings is 2. The minimum atomic E-state index is -0.185. The van der Waals surface area contributed by atoms with Gasteiger partial charge < -0.3 is 10.2 Å². The van der Waals surface area contributed by atoms with E-state index in [1.165, 1.54) is 11.3 Å². The van der Waals surface area contributed by atoms with Crippen LogP contribution in [0.25, 0.3) is 11.3 Å². The average molecular weight is 332 g/mol. The van der Waals surface area contributed by atoms with Gasteiger partial charge in [-0.3, -0.25) is 9.89 Å². The van der Waals surface area contributed by atoms with Gasteiger partial charge >= 0.3 is 0 Å². The number of nitrogens with one attached hydrogen (secondary N) is 2. The second-order valence-corrected chi connectivity index (χ2v) is 6.16. The normalized spacial score (nSPS) is 12.9. The van der Waals surface area contributed by atoms with Crippen LogP contribution < -0.4 is 10.2 Å². The molecule has 1 aliphatic rings. The molecule has 0 unspecified atom stereocenters. The van der Waals surface area contributed by atoms with Crippen molar-refractivity contribution in [2.24, 2.45) is 0 Å². The van der Waals surface area contributed by atoms with Crippen LogP contribution in [0.4, 0.5) is 11.4 Å². The van der Waals surface area contributed by atoms with Crippen molar-refractivity contribution in [3.63, 3.8) is 0 Å². The lowest BCUT2D eigenvalue weighted by Crippen LogP contribution is -2.19. The first kappa shape index (κ1) is 15.4. The molecule has 1 aliphatic heterocycles. The van der Waals surface area contributed by atoms with Gasteiger partial charge in [0, 0.05) is 30.0 Å². The molecule has 0 bridgehead atoms. The number of aromatic amines is 1. The van der Waals surface area contributed by atoms with Gasteiger partial charge in [-0.25, -0.2) is 0 Å². The van der Waals surface area contributed by atoms with Crippen molar-refractivity contribution in [3.8, 4) is 11.3 Å². The first-order valence-corrected chi connectivity index (χ1v) is 8.54. The number of aromatic nitrogens is 2. The molecule has 0 saturated heterocycles. The highest BCUT2D eigenvalue weighted by Gasteiger charge is 2.18. The number of carbonyl (C=O) groups is 1. The van der Waals surface area contributed by atoms with Crippen molar-refractivity contribution in [1.29, 1.82) is 0 Å². The minimum absolute atomic E-state index is 0.185. The fourth-order valence-electron chi connectivity index (χ4n) is 3.24. The molecule has 0 spiro atoms.